The Bertz CT molecular complexity index is 1060. The van der Waals surface area contributed by atoms with Gasteiger partial charge in [-0.2, -0.15) is 10.2 Å². The van der Waals surface area contributed by atoms with E-state index in [4.69, 9.17) is 0 Å². The molecule has 9 nitrogen and oxygen atoms in total. The summed E-state index contributed by atoms with van der Waals surface area (Å²) >= 11 is 0. The third kappa shape index (κ3) is 4.64. The minimum Gasteiger partial charge on any atom is -0.323 e. The van der Waals surface area contributed by atoms with Crippen molar-refractivity contribution >= 4 is 11.7 Å². The molecule has 29 heavy (non-hydrogen) atoms. The molecule has 9 heteroatoms. The summed E-state index contributed by atoms with van der Waals surface area (Å²) in [7, 11) is 1.74. The highest BCUT2D eigenvalue weighted by Gasteiger charge is 2.11. The monoisotopic (exact) mass is 388 g/mol. The third-order valence-electron chi connectivity index (χ3n) is 4.29. The summed E-state index contributed by atoms with van der Waals surface area (Å²) in [5, 5.41) is 11.2. The zero-order valence-corrected chi connectivity index (χ0v) is 15.9. The van der Waals surface area contributed by atoms with Crippen molar-refractivity contribution in [3.05, 3.63) is 84.8 Å². The van der Waals surface area contributed by atoms with E-state index in [1.165, 1.54) is 11.9 Å². The molecular formula is C20H20N8O. The molecule has 0 bridgehead atoms. The van der Waals surface area contributed by atoms with Crippen LogP contribution >= 0.6 is 0 Å². The van der Waals surface area contributed by atoms with Gasteiger partial charge in [0.15, 0.2) is 5.82 Å². The number of amides is 2. The van der Waals surface area contributed by atoms with E-state index in [-0.39, 0.29) is 6.03 Å². The van der Waals surface area contributed by atoms with Crippen LogP contribution in [0, 0.1) is 0 Å². The fourth-order valence-corrected chi connectivity index (χ4v) is 2.83. The number of rotatable bonds is 6. The van der Waals surface area contributed by atoms with Crippen LogP contribution in [0.1, 0.15) is 11.1 Å². The first-order valence-corrected chi connectivity index (χ1v) is 9.06. The Hall–Kier alpha value is -4.01. The maximum absolute atomic E-state index is 12.5. The van der Waals surface area contributed by atoms with E-state index in [1.807, 2.05) is 29.1 Å². The van der Waals surface area contributed by atoms with Gasteiger partial charge in [-0.25, -0.2) is 19.4 Å². The van der Waals surface area contributed by atoms with Crippen molar-refractivity contribution in [2.75, 3.05) is 12.4 Å². The lowest BCUT2D eigenvalue weighted by Crippen LogP contribution is -2.30. The SMILES string of the molecule is CN(Cc1cnn(Cc2ccccc2)c1)C(=O)Nc1ccc(-n2cncn2)nc1. The van der Waals surface area contributed by atoms with Gasteiger partial charge in [-0.3, -0.25) is 4.68 Å². The molecule has 0 aliphatic rings. The van der Waals surface area contributed by atoms with E-state index in [1.54, 1.807) is 47.5 Å². The molecule has 0 fully saturated rings. The Morgan fingerprint density at radius 1 is 1.07 bits per heavy atom. The fraction of sp³-hybridized carbons (Fsp3) is 0.150. The second-order valence-corrected chi connectivity index (χ2v) is 6.56. The number of urea groups is 1. The van der Waals surface area contributed by atoms with Crippen molar-refractivity contribution in [3.8, 4) is 5.82 Å². The Morgan fingerprint density at radius 3 is 2.66 bits per heavy atom. The van der Waals surface area contributed by atoms with Crippen LogP contribution in [0.3, 0.4) is 0 Å². The molecule has 0 spiro atoms. The highest BCUT2D eigenvalue weighted by Crippen LogP contribution is 2.11. The van der Waals surface area contributed by atoms with Gasteiger partial charge in [0.2, 0.25) is 0 Å². The number of hydrogen-bond acceptors (Lipinski definition) is 5. The van der Waals surface area contributed by atoms with E-state index in [2.05, 4.69) is 37.6 Å². The third-order valence-corrected chi connectivity index (χ3v) is 4.29. The van der Waals surface area contributed by atoms with E-state index in [9.17, 15) is 4.79 Å². The number of nitrogens with one attached hydrogen (secondary N) is 1. The van der Waals surface area contributed by atoms with Gasteiger partial charge < -0.3 is 10.2 Å². The molecule has 0 aliphatic heterocycles. The Labute approximate surface area is 167 Å². The Balaban J connectivity index is 1.32. The van der Waals surface area contributed by atoms with Gasteiger partial charge in [0.05, 0.1) is 31.2 Å². The van der Waals surface area contributed by atoms with E-state index < -0.39 is 0 Å². The maximum Gasteiger partial charge on any atom is 0.321 e. The molecule has 0 radical (unpaired) electrons. The zero-order valence-electron chi connectivity index (χ0n) is 15.9. The van der Waals surface area contributed by atoms with Crippen molar-refractivity contribution in [2.45, 2.75) is 13.1 Å². The predicted molar refractivity (Wildman–Crippen MR) is 107 cm³/mol. The summed E-state index contributed by atoms with van der Waals surface area (Å²) < 4.78 is 3.41. The number of nitrogens with zero attached hydrogens (tertiary/aromatic N) is 7. The largest absolute Gasteiger partial charge is 0.323 e. The average molecular weight is 388 g/mol. The minimum absolute atomic E-state index is 0.226. The molecule has 3 aromatic heterocycles. The zero-order chi connectivity index (χ0) is 20.1. The highest BCUT2D eigenvalue weighted by molar-refractivity contribution is 5.88. The maximum atomic E-state index is 12.5. The van der Waals surface area contributed by atoms with Crippen LogP contribution in [0.2, 0.25) is 0 Å². The molecule has 1 aromatic carbocycles. The Kier molecular flexibility index (Phi) is 5.28. The topological polar surface area (TPSA) is 93.8 Å². The summed E-state index contributed by atoms with van der Waals surface area (Å²) in [5.41, 5.74) is 2.74. The molecule has 4 aromatic rings. The molecule has 0 atom stereocenters. The molecule has 146 valence electrons. The predicted octanol–water partition coefficient (Wildman–Crippen LogP) is 2.57. The van der Waals surface area contributed by atoms with E-state index in [0.29, 0.717) is 24.6 Å². The van der Waals surface area contributed by atoms with Crippen LogP contribution in [0.4, 0.5) is 10.5 Å². The summed E-state index contributed by atoms with van der Waals surface area (Å²) in [5.74, 6) is 0.625. The molecule has 0 aliphatic carbocycles. The van der Waals surface area contributed by atoms with Crippen LogP contribution in [-0.4, -0.2) is 47.5 Å². The highest BCUT2D eigenvalue weighted by atomic mass is 16.2. The molecule has 1 N–H and O–H groups in total. The number of carbonyl (C=O) groups excluding carboxylic acids is 1. The van der Waals surface area contributed by atoms with Crippen molar-refractivity contribution in [3.63, 3.8) is 0 Å². The first kappa shape index (κ1) is 18.4. The van der Waals surface area contributed by atoms with Crippen LogP contribution < -0.4 is 5.32 Å². The summed E-state index contributed by atoms with van der Waals surface area (Å²) in [6.45, 7) is 1.14. The standard InChI is InChI=1S/C20H20N8O/c1-26(11-17-9-23-27(13-17)12-16-5-3-2-4-6-16)20(29)25-18-7-8-19(22-10-18)28-15-21-14-24-28/h2-10,13-15H,11-12H2,1H3,(H,25,29). The summed E-state index contributed by atoms with van der Waals surface area (Å²) in [4.78, 5) is 22.2. The lowest BCUT2D eigenvalue weighted by molar-refractivity contribution is 0.220. The second-order valence-electron chi connectivity index (χ2n) is 6.56. The smallest absolute Gasteiger partial charge is 0.321 e. The molecule has 3 heterocycles. The number of hydrogen-bond donors (Lipinski definition) is 1. The molecule has 4 rings (SSSR count). The number of carbonyl (C=O) groups is 1. The van der Waals surface area contributed by atoms with Crippen molar-refractivity contribution in [1.29, 1.82) is 0 Å². The lowest BCUT2D eigenvalue weighted by atomic mass is 10.2. The summed E-state index contributed by atoms with van der Waals surface area (Å²) in [6, 6.07) is 13.4. The minimum atomic E-state index is -0.226. The number of aromatic nitrogens is 6. The number of pyridine rings is 1. The van der Waals surface area contributed by atoms with Gasteiger partial charge in [0.1, 0.15) is 12.7 Å². The molecule has 0 saturated carbocycles. The van der Waals surface area contributed by atoms with Crippen molar-refractivity contribution < 1.29 is 4.79 Å². The van der Waals surface area contributed by atoms with Gasteiger partial charge in [-0.15, -0.1) is 0 Å². The van der Waals surface area contributed by atoms with E-state index >= 15 is 0 Å². The van der Waals surface area contributed by atoms with Crippen LogP contribution in [0.25, 0.3) is 5.82 Å². The lowest BCUT2D eigenvalue weighted by Gasteiger charge is -2.17. The van der Waals surface area contributed by atoms with Gasteiger partial charge in [-0.05, 0) is 17.7 Å². The van der Waals surface area contributed by atoms with Crippen LogP contribution in [0.15, 0.2) is 73.7 Å². The van der Waals surface area contributed by atoms with Gasteiger partial charge >= 0.3 is 6.03 Å². The summed E-state index contributed by atoms with van der Waals surface area (Å²) in [6.07, 6.45) is 8.31. The molecular weight excluding hydrogens is 368 g/mol. The van der Waals surface area contributed by atoms with Gasteiger partial charge in [-0.1, -0.05) is 30.3 Å². The van der Waals surface area contributed by atoms with Crippen molar-refractivity contribution in [2.24, 2.45) is 0 Å². The normalized spacial score (nSPS) is 10.7. The molecule has 2 amide bonds. The van der Waals surface area contributed by atoms with Gasteiger partial charge in [0, 0.05) is 18.8 Å². The van der Waals surface area contributed by atoms with Crippen LogP contribution in [-0.2, 0) is 13.1 Å². The first-order chi connectivity index (χ1) is 14.2. The molecule has 0 unspecified atom stereocenters. The number of benzene rings is 1. The first-order valence-electron chi connectivity index (χ1n) is 9.06. The molecule has 0 saturated heterocycles. The average Bonchev–Trinajstić information content (AvgIpc) is 3.42. The fourth-order valence-electron chi connectivity index (χ4n) is 2.83. The Morgan fingerprint density at radius 2 is 1.93 bits per heavy atom. The second kappa shape index (κ2) is 8.34. The van der Waals surface area contributed by atoms with Gasteiger partial charge in [0.25, 0.3) is 0 Å². The van der Waals surface area contributed by atoms with Crippen molar-refractivity contribution in [1.82, 2.24) is 34.4 Å². The number of anilines is 1. The van der Waals surface area contributed by atoms with E-state index in [0.717, 1.165) is 5.56 Å². The van der Waals surface area contributed by atoms with Crippen LogP contribution in [0.5, 0.6) is 0 Å². The quantitative estimate of drug-likeness (QED) is 0.548.